The van der Waals surface area contributed by atoms with Crippen LogP contribution in [0, 0.1) is 11.7 Å². The van der Waals surface area contributed by atoms with E-state index in [1.54, 1.807) is 41.1 Å². The molecule has 0 radical (unpaired) electrons. The van der Waals surface area contributed by atoms with Crippen LogP contribution in [0.1, 0.15) is 72.1 Å². The number of benzene rings is 2. The Hall–Kier alpha value is -3.13. The first kappa shape index (κ1) is 27.5. The van der Waals surface area contributed by atoms with Gasteiger partial charge in [-0.2, -0.15) is 17.7 Å². The van der Waals surface area contributed by atoms with Crippen LogP contribution in [-0.4, -0.2) is 38.6 Å². The molecule has 1 atom stereocenters. The number of carbonyl (C=O) groups excluding carboxylic acids is 1. The largest absolute Gasteiger partial charge is 0.478 e. The molecule has 0 saturated carbocycles. The van der Waals surface area contributed by atoms with Gasteiger partial charge in [0.25, 0.3) is 5.91 Å². The summed E-state index contributed by atoms with van der Waals surface area (Å²) in [6.07, 6.45) is 3.45. The topological polar surface area (TPSA) is 84.2 Å². The second-order valence-electron chi connectivity index (χ2n) is 9.42. The molecule has 0 aliphatic heterocycles. The zero-order chi connectivity index (χ0) is 26.2. The number of aromatic carboxylic acids is 1. The molecule has 0 aliphatic carbocycles. The lowest BCUT2D eigenvalue weighted by atomic mass is 9.98. The maximum Gasteiger partial charge on any atom is 0.336 e. The summed E-state index contributed by atoms with van der Waals surface area (Å²) in [4.78, 5) is 24.5. The number of amides is 1. The fourth-order valence-electron chi connectivity index (χ4n) is 4.20. The molecule has 1 aromatic heterocycles. The fourth-order valence-corrected chi connectivity index (χ4v) is 4.44. The Morgan fingerprint density at radius 2 is 1.92 bits per heavy atom. The molecule has 3 aromatic rings. The number of thiol groups is 1. The van der Waals surface area contributed by atoms with E-state index in [2.05, 4.69) is 43.8 Å². The molecule has 6 nitrogen and oxygen atoms in total. The van der Waals surface area contributed by atoms with Gasteiger partial charge in [0, 0.05) is 23.1 Å². The predicted octanol–water partition coefficient (Wildman–Crippen LogP) is 5.85. The van der Waals surface area contributed by atoms with E-state index in [0.29, 0.717) is 34.1 Å². The minimum atomic E-state index is -1.06. The van der Waals surface area contributed by atoms with Gasteiger partial charge < -0.3 is 10.4 Å². The molecule has 0 unspecified atom stereocenters. The molecular weight excluding hydrogens is 477 g/mol. The smallest absolute Gasteiger partial charge is 0.336 e. The van der Waals surface area contributed by atoms with Crippen molar-refractivity contribution in [2.75, 3.05) is 5.75 Å². The van der Waals surface area contributed by atoms with Gasteiger partial charge in [0.2, 0.25) is 0 Å². The molecule has 0 fully saturated rings. The lowest BCUT2D eigenvalue weighted by Gasteiger charge is -2.17. The molecule has 0 bridgehead atoms. The summed E-state index contributed by atoms with van der Waals surface area (Å²) >= 11 is 4.36. The first-order chi connectivity index (χ1) is 17.2. The van der Waals surface area contributed by atoms with E-state index >= 15 is 4.39 Å². The van der Waals surface area contributed by atoms with Crippen molar-refractivity contribution in [3.63, 3.8) is 0 Å². The van der Waals surface area contributed by atoms with Crippen LogP contribution in [0.3, 0.4) is 0 Å². The van der Waals surface area contributed by atoms with Crippen LogP contribution in [0.4, 0.5) is 4.39 Å². The van der Waals surface area contributed by atoms with E-state index in [9.17, 15) is 14.7 Å². The van der Waals surface area contributed by atoms with Gasteiger partial charge in [-0.1, -0.05) is 57.5 Å². The van der Waals surface area contributed by atoms with Gasteiger partial charge in [-0.25, -0.2) is 9.18 Å². The number of carboxylic acids is 1. The monoisotopic (exact) mass is 511 g/mol. The molecule has 0 aliphatic rings. The minimum Gasteiger partial charge on any atom is -0.478 e. The Morgan fingerprint density at radius 3 is 2.56 bits per heavy atom. The number of halogens is 1. The highest BCUT2D eigenvalue weighted by atomic mass is 32.1. The molecule has 2 N–H and O–H groups in total. The van der Waals surface area contributed by atoms with Crippen molar-refractivity contribution in [3.05, 3.63) is 76.9 Å². The number of rotatable bonds is 12. The lowest BCUT2D eigenvalue weighted by Crippen LogP contribution is -2.37. The Labute approximate surface area is 217 Å². The molecular formula is C28H34FN3O3S. The van der Waals surface area contributed by atoms with Crippen LogP contribution in [0.15, 0.2) is 48.5 Å². The van der Waals surface area contributed by atoms with Crippen molar-refractivity contribution >= 4 is 24.5 Å². The number of nitrogens with one attached hydrogen (secondary N) is 1. The second-order valence-corrected chi connectivity index (χ2v) is 9.79. The molecule has 36 heavy (non-hydrogen) atoms. The number of nitrogens with zero attached hydrogens (tertiary/aromatic N) is 2. The SMILES string of the molecule is CCCCc1cc(C(=O)N[C@@H](CS)CC(C)C)nn1Cc1ccc(-c2ccccc2C(=O)O)cc1F. The Balaban J connectivity index is 1.86. The zero-order valence-electron chi connectivity index (χ0n) is 21.0. The summed E-state index contributed by atoms with van der Waals surface area (Å²) in [6, 6.07) is 13.0. The predicted molar refractivity (Wildman–Crippen MR) is 143 cm³/mol. The second kappa shape index (κ2) is 12.7. The highest BCUT2D eigenvalue weighted by molar-refractivity contribution is 7.80. The Bertz CT molecular complexity index is 1210. The van der Waals surface area contributed by atoms with Gasteiger partial charge in [-0.15, -0.1) is 0 Å². The van der Waals surface area contributed by atoms with Gasteiger partial charge in [-0.05, 0) is 54.5 Å². The highest BCUT2D eigenvalue weighted by Crippen LogP contribution is 2.26. The number of hydrogen-bond donors (Lipinski definition) is 3. The van der Waals surface area contributed by atoms with E-state index in [0.717, 1.165) is 31.4 Å². The van der Waals surface area contributed by atoms with Gasteiger partial charge in [-0.3, -0.25) is 9.48 Å². The number of carbonyl (C=O) groups is 2. The standard InChI is InChI=1S/C28H34FN3O3S/c1-4-5-8-22-15-26(27(33)30-21(17-36)13-18(2)3)31-32(22)16-20-12-11-19(14-25(20)29)23-9-6-7-10-24(23)28(34)35/h6-7,9-12,14-15,18,21,36H,4-5,8,13,16-17H2,1-3H3,(H,30,33)(H,34,35)/t21-/m1/s1. The summed E-state index contributed by atoms with van der Waals surface area (Å²) in [5.41, 5.74) is 2.65. The number of carboxylic acid groups (broad SMARTS) is 1. The molecule has 0 spiro atoms. The van der Waals surface area contributed by atoms with E-state index in [4.69, 9.17) is 0 Å². The molecule has 2 aromatic carbocycles. The first-order valence-corrected chi connectivity index (χ1v) is 13.0. The summed E-state index contributed by atoms with van der Waals surface area (Å²) in [6.45, 7) is 6.45. The third-order valence-electron chi connectivity index (χ3n) is 6.04. The molecule has 1 heterocycles. The average Bonchev–Trinajstić information content (AvgIpc) is 3.25. The van der Waals surface area contributed by atoms with Gasteiger partial charge in [0.05, 0.1) is 12.1 Å². The van der Waals surface area contributed by atoms with Crippen molar-refractivity contribution in [1.29, 1.82) is 0 Å². The van der Waals surface area contributed by atoms with Crippen molar-refractivity contribution in [1.82, 2.24) is 15.1 Å². The third-order valence-corrected chi connectivity index (χ3v) is 6.48. The van der Waals surface area contributed by atoms with Crippen LogP contribution in [0.2, 0.25) is 0 Å². The van der Waals surface area contributed by atoms with Crippen molar-refractivity contribution in [2.24, 2.45) is 5.92 Å². The number of aryl methyl sites for hydroxylation is 1. The first-order valence-electron chi connectivity index (χ1n) is 12.3. The van der Waals surface area contributed by atoms with Gasteiger partial charge in [0.1, 0.15) is 11.5 Å². The highest BCUT2D eigenvalue weighted by Gasteiger charge is 2.19. The number of unbranched alkanes of at least 4 members (excludes halogenated alkanes) is 1. The normalized spacial score (nSPS) is 12.1. The third kappa shape index (κ3) is 6.97. The average molecular weight is 512 g/mol. The summed E-state index contributed by atoms with van der Waals surface area (Å²) in [7, 11) is 0. The van der Waals surface area contributed by atoms with E-state index in [1.165, 1.54) is 12.1 Å². The van der Waals surface area contributed by atoms with Gasteiger partial charge >= 0.3 is 5.97 Å². The summed E-state index contributed by atoms with van der Waals surface area (Å²) in [5.74, 6) is -0.814. The van der Waals surface area contributed by atoms with E-state index < -0.39 is 11.8 Å². The van der Waals surface area contributed by atoms with Crippen LogP contribution in [0.25, 0.3) is 11.1 Å². The molecule has 8 heteroatoms. The van der Waals surface area contributed by atoms with Crippen molar-refractivity contribution in [3.8, 4) is 11.1 Å². The zero-order valence-corrected chi connectivity index (χ0v) is 21.9. The quantitative estimate of drug-likeness (QED) is 0.266. The van der Waals surface area contributed by atoms with E-state index in [-0.39, 0.29) is 24.1 Å². The summed E-state index contributed by atoms with van der Waals surface area (Å²) < 4.78 is 16.9. The molecule has 1 amide bonds. The summed E-state index contributed by atoms with van der Waals surface area (Å²) in [5, 5.41) is 17.0. The number of hydrogen-bond acceptors (Lipinski definition) is 4. The van der Waals surface area contributed by atoms with Crippen molar-refractivity contribution in [2.45, 2.75) is 59.0 Å². The Kier molecular flexibility index (Phi) is 9.70. The molecule has 0 saturated heterocycles. The van der Waals surface area contributed by atoms with Crippen LogP contribution < -0.4 is 5.32 Å². The van der Waals surface area contributed by atoms with Crippen LogP contribution >= 0.6 is 12.6 Å². The fraction of sp³-hybridized carbons (Fsp3) is 0.393. The number of aromatic nitrogens is 2. The van der Waals surface area contributed by atoms with Crippen LogP contribution in [-0.2, 0) is 13.0 Å². The van der Waals surface area contributed by atoms with Crippen LogP contribution in [0.5, 0.6) is 0 Å². The van der Waals surface area contributed by atoms with Gasteiger partial charge in [0.15, 0.2) is 0 Å². The lowest BCUT2D eigenvalue weighted by molar-refractivity contribution is 0.0697. The molecule has 3 rings (SSSR count). The minimum absolute atomic E-state index is 0.0521. The maximum absolute atomic E-state index is 15.2. The molecule has 192 valence electrons. The van der Waals surface area contributed by atoms with Crippen molar-refractivity contribution < 1.29 is 19.1 Å². The maximum atomic E-state index is 15.2. The van der Waals surface area contributed by atoms with E-state index in [1.807, 2.05) is 0 Å². The Morgan fingerprint density at radius 1 is 1.17 bits per heavy atom.